The molecule has 0 spiro atoms. The Morgan fingerprint density at radius 2 is 2.06 bits per heavy atom. The average Bonchev–Trinajstić information content (AvgIpc) is 2.66. The number of hydrogen-bond donors (Lipinski definition) is 2. The van der Waals surface area contributed by atoms with E-state index < -0.39 is 5.60 Å². The maximum atomic E-state index is 11.6. The van der Waals surface area contributed by atoms with Crippen LogP contribution in [-0.4, -0.2) is 30.3 Å². The van der Waals surface area contributed by atoms with Crippen molar-refractivity contribution >= 4 is 6.09 Å². The van der Waals surface area contributed by atoms with Crippen LogP contribution in [0.15, 0.2) is 0 Å². The van der Waals surface area contributed by atoms with Crippen LogP contribution in [-0.2, 0) is 4.74 Å². The lowest BCUT2D eigenvalue weighted by molar-refractivity contribution is 0.0493. The van der Waals surface area contributed by atoms with Crippen molar-refractivity contribution in [2.75, 3.05) is 6.54 Å². The molecule has 0 bridgehead atoms. The second-order valence-corrected chi connectivity index (χ2v) is 5.84. The first-order valence-electron chi connectivity index (χ1n) is 6.18. The van der Waals surface area contributed by atoms with E-state index in [-0.39, 0.29) is 6.09 Å². The van der Waals surface area contributed by atoms with Crippen molar-refractivity contribution in [2.24, 2.45) is 5.92 Å². The first kappa shape index (κ1) is 11.7. The van der Waals surface area contributed by atoms with Gasteiger partial charge in [-0.3, -0.25) is 0 Å². The van der Waals surface area contributed by atoms with Crippen molar-refractivity contribution in [3.8, 4) is 0 Å². The lowest BCUT2D eigenvalue weighted by Crippen LogP contribution is -2.41. The van der Waals surface area contributed by atoms with Crippen LogP contribution in [0.3, 0.4) is 0 Å². The van der Waals surface area contributed by atoms with Crippen molar-refractivity contribution < 1.29 is 9.53 Å². The molecule has 92 valence electrons. The summed E-state index contributed by atoms with van der Waals surface area (Å²) >= 11 is 0. The standard InChI is InChI=1S/C12H22N2O2/c1-12(2,3)16-11(15)14-10-5-4-9-8(10)6-7-13-9/h8-10,13H,4-7H2,1-3H3,(H,14,15). The van der Waals surface area contributed by atoms with E-state index >= 15 is 0 Å². The molecule has 2 N–H and O–H groups in total. The maximum absolute atomic E-state index is 11.6. The molecule has 1 heterocycles. The number of alkyl carbamates (subject to hydrolysis) is 1. The highest BCUT2D eigenvalue weighted by Gasteiger charge is 2.40. The lowest BCUT2D eigenvalue weighted by atomic mass is 10.0. The molecule has 0 aromatic carbocycles. The maximum Gasteiger partial charge on any atom is 0.407 e. The van der Waals surface area contributed by atoms with E-state index in [1.807, 2.05) is 20.8 Å². The topological polar surface area (TPSA) is 50.4 Å². The molecule has 2 aliphatic rings. The van der Waals surface area contributed by atoms with Gasteiger partial charge < -0.3 is 15.4 Å². The SMILES string of the molecule is CC(C)(C)OC(=O)NC1CCC2NCCC21. The van der Waals surface area contributed by atoms with Crippen molar-refractivity contribution in [1.82, 2.24) is 10.6 Å². The summed E-state index contributed by atoms with van der Waals surface area (Å²) in [4.78, 5) is 11.6. The number of ether oxygens (including phenoxy) is 1. The molecule has 3 atom stereocenters. The minimum atomic E-state index is -0.407. The second-order valence-electron chi connectivity index (χ2n) is 5.84. The van der Waals surface area contributed by atoms with E-state index in [0.29, 0.717) is 18.0 Å². The van der Waals surface area contributed by atoms with E-state index in [2.05, 4.69) is 10.6 Å². The normalized spacial score (nSPS) is 33.6. The van der Waals surface area contributed by atoms with Gasteiger partial charge in [-0.1, -0.05) is 0 Å². The van der Waals surface area contributed by atoms with Crippen LogP contribution in [0.4, 0.5) is 4.79 Å². The zero-order valence-corrected chi connectivity index (χ0v) is 10.4. The van der Waals surface area contributed by atoms with Crippen LogP contribution >= 0.6 is 0 Å². The predicted octanol–water partition coefficient (Wildman–Crippen LogP) is 1.65. The van der Waals surface area contributed by atoms with Crippen LogP contribution in [0.25, 0.3) is 0 Å². The van der Waals surface area contributed by atoms with Gasteiger partial charge in [0.1, 0.15) is 5.60 Å². The summed E-state index contributed by atoms with van der Waals surface area (Å²) < 4.78 is 5.28. The largest absolute Gasteiger partial charge is 0.444 e. The monoisotopic (exact) mass is 226 g/mol. The Hall–Kier alpha value is -0.770. The molecular weight excluding hydrogens is 204 g/mol. The minimum Gasteiger partial charge on any atom is -0.444 e. The van der Waals surface area contributed by atoms with E-state index in [0.717, 1.165) is 13.0 Å². The highest BCUT2D eigenvalue weighted by atomic mass is 16.6. The summed E-state index contributed by atoms with van der Waals surface area (Å²) in [6.45, 7) is 6.76. The number of amides is 1. The molecule has 0 aromatic rings. The zero-order chi connectivity index (χ0) is 11.8. The first-order chi connectivity index (χ1) is 7.46. The fourth-order valence-corrected chi connectivity index (χ4v) is 2.80. The first-order valence-corrected chi connectivity index (χ1v) is 6.18. The molecule has 16 heavy (non-hydrogen) atoms. The number of nitrogens with one attached hydrogen (secondary N) is 2. The summed E-state index contributed by atoms with van der Waals surface area (Å²) in [7, 11) is 0. The molecule has 2 rings (SSSR count). The summed E-state index contributed by atoms with van der Waals surface area (Å²) in [6, 6.07) is 0.912. The summed E-state index contributed by atoms with van der Waals surface area (Å²) in [5.74, 6) is 0.604. The zero-order valence-electron chi connectivity index (χ0n) is 10.4. The van der Waals surface area contributed by atoms with Crippen LogP contribution in [0.1, 0.15) is 40.0 Å². The molecule has 3 unspecified atom stereocenters. The Labute approximate surface area is 97.1 Å². The third kappa shape index (κ3) is 2.67. The summed E-state index contributed by atoms with van der Waals surface area (Å²) in [5.41, 5.74) is -0.407. The highest BCUT2D eigenvalue weighted by Crippen LogP contribution is 2.32. The van der Waals surface area contributed by atoms with Crippen LogP contribution in [0, 0.1) is 5.92 Å². The Morgan fingerprint density at radius 3 is 2.75 bits per heavy atom. The Bertz CT molecular complexity index is 273. The number of fused-ring (bicyclic) bond motifs is 1. The summed E-state index contributed by atoms with van der Waals surface area (Å²) in [6.07, 6.45) is 3.14. The molecule has 1 amide bonds. The van der Waals surface area contributed by atoms with Crippen LogP contribution < -0.4 is 10.6 Å². The van der Waals surface area contributed by atoms with Gasteiger partial charge in [0.25, 0.3) is 0 Å². The Morgan fingerprint density at radius 1 is 1.31 bits per heavy atom. The molecule has 1 saturated carbocycles. The number of hydrogen-bond acceptors (Lipinski definition) is 3. The van der Waals surface area contributed by atoms with Gasteiger partial charge in [0.05, 0.1) is 0 Å². The van der Waals surface area contributed by atoms with Crippen molar-refractivity contribution in [3.63, 3.8) is 0 Å². The molecule has 0 radical (unpaired) electrons. The lowest BCUT2D eigenvalue weighted by Gasteiger charge is -2.24. The minimum absolute atomic E-state index is 0.273. The highest BCUT2D eigenvalue weighted by molar-refractivity contribution is 5.68. The van der Waals surface area contributed by atoms with Crippen molar-refractivity contribution in [2.45, 2.75) is 57.7 Å². The van der Waals surface area contributed by atoms with Gasteiger partial charge in [0.15, 0.2) is 0 Å². The van der Waals surface area contributed by atoms with Gasteiger partial charge in [-0.05, 0) is 52.5 Å². The number of carbonyl (C=O) groups is 1. The smallest absolute Gasteiger partial charge is 0.407 e. The van der Waals surface area contributed by atoms with Gasteiger partial charge in [-0.25, -0.2) is 4.79 Å². The fraction of sp³-hybridized carbons (Fsp3) is 0.917. The fourth-order valence-electron chi connectivity index (χ4n) is 2.80. The van der Waals surface area contributed by atoms with Crippen molar-refractivity contribution in [1.29, 1.82) is 0 Å². The molecule has 1 aliphatic heterocycles. The third-order valence-corrected chi connectivity index (χ3v) is 3.41. The molecule has 4 nitrogen and oxygen atoms in total. The number of rotatable bonds is 1. The van der Waals surface area contributed by atoms with Gasteiger partial charge >= 0.3 is 6.09 Å². The van der Waals surface area contributed by atoms with Crippen LogP contribution in [0.2, 0.25) is 0 Å². The Balaban J connectivity index is 1.83. The molecular formula is C12H22N2O2. The van der Waals surface area contributed by atoms with Gasteiger partial charge in [0.2, 0.25) is 0 Å². The van der Waals surface area contributed by atoms with Crippen molar-refractivity contribution in [3.05, 3.63) is 0 Å². The van der Waals surface area contributed by atoms with Gasteiger partial charge in [-0.2, -0.15) is 0 Å². The van der Waals surface area contributed by atoms with Gasteiger partial charge in [0, 0.05) is 12.1 Å². The predicted molar refractivity (Wildman–Crippen MR) is 62.3 cm³/mol. The third-order valence-electron chi connectivity index (χ3n) is 3.41. The quantitative estimate of drug-likeness (QED) is 0.715. The molecule has 2 fully saturated rings. The Kier molecular flexibility index (Phi) is 3.10. The average molecular weight is 226 g/mol. The molecule has 0 aromatic heterocycles. The van der Waals surface area contributed by atoms with E-state index in [9.17, 15) is 4.79 Å². The molecule has 4 heteroatoms. The molecule has 1 saturated heterocycles. The van der Waals surface area contributed by atoms with E-state index in [1.165, 1.54) is 12.8 Å². The van der Waals surface area contributed by atoms with E-state index in [1.54, 1.807) is 0 Å². The van der Waals surface area contributed by atoms with Gasteiger partial charge in [-0.15, -0.1) is 0 Å². The number of carbonyl (C=O) groups excluding carboxylic acids is 1. The summed E-state index contributed by atoms with van der Waals surface area (Å²) in [5, 5.41) is 6.48. The second kappa shape index (κ2) is 4.24. The van der Waals surface area contributed by atoms with Crippen LogP contribution in [0.5, 0.6) is 0 Å². The molecule has 1 aliphatic carbocycles. The van der Waals surface area contributed by atoms with E-state index in [4.69, 9.17) is 4.74 Å².